The molecule has 54 heavy (non-hydrogen) atoms. The average Bonchev–Trinajstić information content (AvgIpc) is 3.12. The smallest absolute Gasteiger partial charge is 0.462 e. The molecule has 0 aromatic rings. The van der Waals surface area contributed by atoms with Crippen molar-refractivity contribution in [3.63, 3.8) is 0 Å². The molecular formula is C44H87NO8P+. The van der Waals surface area contributed by atoms with E-state index in [-0.39, 0.29) is 25.6 Å². The number of allylic oxidation sites excluding steroid dienone is 2. The molecule has 0 radical (unpaired) electrons. The van der Waals surface area contributed by atoms with E-state index in [1.54, 1.807) is 0 Å². The van der Waals surface area contributed by atoms with Crippen molar-refractivity contribution < 1.29 is 42.1 Å². The second-order valence-electron chi connectivity index (χ2n) is 16.4. The van der Waals surface area contributed by atoms with Gasteiger partial charge in [-0.05, 0) is 32.1 Å². The molecule has 0 bridgehead atoms. The Bertz CT molecular complexity index is 938. The number of phosphoric acid groups is 1. The molecule has 0 aliphatic rings. The van der Waals surface area contributed by atoms with Crippen LogP contribution in [0.15, 0.2) is 12.2 Å². The van der Waals surface area contributed by atoms with Gasteiger partial charge in [0.15, 0.2) is 6.10 Å². The minimum absolute atomic E-state index is 0.0345. The van der Waals surface area contributed by atoms with Crippen LogP contribution in [-0.2, 0) is 32.7 Å². The van der Waals surface area contributed by atoms with Crippen molar-refractivity contribution in [3.8, 4) is 0 Å². The third kappa shape index (κ3) is 40.4. The summed E-state index contributed by atoms with van der Waals surface area (Å²) in [5.74, 6) is -0.791. The van der Waals surface area contributed by atoms with E-state index in [4.69, 9.17) is 18.5 Å². The van der Waals surface area contributed by atoms with Gasteiger partial charge in [0.1, 0.15) is 19.8 Å². The van der Waals surface area contributed by atoms with Crippen LogP contribution < -0.4 is 0 Å². The number of hydrogen-bond acceptors (Lipinski definition) is 7. The van der Waals surface area contributed by atoms with Crippen molar-refractivity contribution in [1.82, 2.24) is 0 Å². The van der Waals surface area contributed by atoms with Crippen molar-refractivity contribution in [2.24, 2.45) is 0 Å². The van der Waals surface area contributed by atoms with Gasteiger partial charge in [0.25, 0.3) is 0 Å². The van der Waals surface area contributed by atoms with Crippen LogP contribution in [0.1, 0.15) is 206 Å². The van der Waals surface area contributed by atoms with Gasteiger partial charge in [0.2, 0.25) is 0 Å². The summed E-state index contributed by atoms with van der Waals surface area (Å²) in [4.78, 5) is 35.4. The van der Waals surface area contributed by atoms with Gasteiger partial charge < -0.3 is 18.9 Å². The fraction of sp³-hybridized carbons (Fsp3) is 0.909. The Balaban J connectivity index is 4.32. The molecule has 0 spiro atoms. The maximum Gasteiger partial charge on any atom is 0.472 e. The molecular weight excluding hydrogens is 701 g/mol. The topological polar surface area (TPSA) is 108 Å². The molecule has 0 amide bonds. The van der Waals surface area contributed by atoms with Crippen LogP contribution in [0, 0.1) is 0 Å². The largest absolute Gasteiger partial charge is 0.472 e. The highest BCUT2D eigenvalue weighted by atomic mass is 31.2. The maximum atomic E-state index is 12.7. The Hall–Kier alpha value is -1.25. The van der Waals surface area contributed by atoms with Crippen LogP contribution in [0.2, 0.25) is 0 Å². The van der Waals surface area contributed by atoms with Gasteiger partial charge >= 0.3 is 19.8 Å². The molecule has 0 saturated heterocycles. The summed E-state index contributed by atoms with van der Waals surface area (Å²) in [7, 11) is 1.49. The molecule has 0 aliphatic heterocycles. The average molecular weight is 789 g/mol. The minimum Gasteiger partial charge on any atom is -0.462 e. The predicted molar refractivity (Wildman–Crippen MR) is 224 cm³/mol. The molecule has 0 aromatic heterocycles. The van der Waals surface area contributed by atoms with Crippen molar-refractivity contribution in [1.29, 1.82) is 0 Å². The number of hydrogen-bond donors (Lipinski definition) is 1. The van der Waals surface area contributed by atoms with E-state index in [0.717, 1.165) is 38.5 Å². The summed E-state index contributed by atoms with van der Waals surface area (Å²) in [6, 6.07) is 0. The van der Waals surface area contributed by atoms with E-state index in [9.17, 15) is 19.0 Å². The zero-order valence-electron chi connectivity index (χ0n) is 36.0. The Labute approximate surface area is 333 Å². The van der Waals surface area contributed by atoms with E-state index >= 15 is 0 Å². The molecule has 0 fully saturated rings. The first-order chi connectivity index (χ1) is 26.0. The molecule has 1 N–H and O–H groups in total. The SMILES string of the molecule is CCCC/C=C/CCCCCCCCCCCC(=O)O[C@H](COC(=O)CCCCCCCCCCCCCCCCC)COP(=O)(O)OCC[N+](C)(C)C. The number of quaternary nitrogens is 1. The number of phosphoric ester groups is 1. The Morgan fingerprint density at radius 2 is 0.963 bits per heavy atom. The Morgan fingerprint density at radius 3 is 1.43 bits per heavy atom. The lowest BCUT2D eigenvalue weighted by atomic mass is 10.0. The predicted octanol–water partition coefficient (Wildman–Crippen LogP) is 12.6. The quantitative estimate of drug-likeness (QED) is 0.0214. The first kappa shape index (κ1) is 52.8. The van der Waals surface area contributed by atoms with Crippen LogP contribution in [0.5, 0.6) is 0 Å². The normalized spacial score (nSPS) is 13.7. The molecule has 10 heteroatoms. The fourth-order valence-corrected chi connectivity index (χ4v) is 6.97. The summed E-state index contributed by atoms with van der Waals surface area (Å²) in [6.45, 7) is 4.42. The van der Waals surface area contributed by atoms with Crippen LogP contribution in [0.4, 0.5) is 0 Å². The number of nitrogens with zero attached hydrogens (tertiary/aromatic N) is 1. The summed E-state index contributed by atoms with van der Waals surface area (Å²) >= 11 is 0. The summed E-state index contributed by atoms with van der Waals surface area (Å²) < 4.78 is 34.3. The van der Waals surface area contributed by atoms with Gasteiger partial charge in [0.05, 0.1) is 27.7 Å². The van der Waals surface area contributed by atoms with Crippen LogP contribution in [0.25, 0.3) is 0 Å². The van der Waals surface area contributed by atoms with E-state index < -0.39 is 26.5 Å². The highest BCUT2D eigenvalue weighted by molar-refractivity contribution is 7.47. The Kier molecular flexibility index (Phi) is 36.5. The fourth-order valence-electron chi connectivity index (χ4n) is 6.23. The molecule has 1 unspecified atom stereocenters. The van der Waals surface area contributed by atoms with Crippen molar-refractivity contribution in [3.05, 3.63) is 12.2 Å². The molecule has 9 nitrogen and oxygen atoms in total. The first-order valence-corrected chi connectivity index (χ1v) is 23.9. The van der Waals surface area contributed by atoms with Crippen molar-refractivity contribution >= 4 is 19.8 Å². The molecule has 2 atom stereocenters. The lowest BCUT2D eigenvalue weighted by Gasteiger charge is -2.24. The first-order valence-electron chi connectivity index (χ1n) is 22.4. The molecule has 0 saturated carbocycles. The number of unbranched alkanes of at least 4 members (excludes halogenated alkanes) is 25. The lowest BCUT2D eigenvalue weighted by molar-refractivity contribution is -0.870. The molecule has 320 valence electrons. The number of esters is 2. The Morgan fingerprint density at radius 1 is 0.556 bits per heavy atom. The summed E-state index contributed by atoms with van der Waals surface area (Å²) in [6.07, 6.45) is 38.2. The molecule has 0 aliphatic carbocycles. The maximum absolute atomic E-state index is 12.7. The minimum atomic E-state index is -4.37. The lowest BCUT2D eigenvalue weighted by Crippen LogP contribution is -2.37. The van der Waals surface area contributed by atoms with Gasteiger partial charge in [-0.2, -0.15) is 0 Å². The van der Waals surface area contributed by atoms with Gasteiger partial charge in [-0.3, -0.25) is 18.6 Å². The van der Waals surface area contributed by atoms with Crippen LogP contribution in [-0.4, -0.2) is 74.9 Å². The van der Waals surface area contributed by atoms with Crippen molar-refractivity contribution in [2.75, 3.05) is 47.5 Å². The van der Waals surface area contributed by atoms with E-state index in [2.05, 4.69) is 26.0 Å². The second kappa shape index (κ2) is 37.3. The van der Waals surface area contributed by atoms with E-state index in [0.29, 0.717) is 23.9 Å². The van der Waals surface area contributed by atoms with Gasteiger partial charge in [-0.1, -0.05) is 174 Å². The van der Waals surface area contributed by atoms with E-state index in [1.807, 2.05) is 21.1 Å². The zero-order valence-corrected chi connectivity index (χ0v) is 36.9. The number of carbonyl (C=O) groups excluding carboxylic acids is 2. The number of carbonyl (C=O) groups is 2. The number of likely N-dealkylation sites (N-methyl/N-ethyl adjacent to an activating group) is 1. The highest BCUT2D eigenvalue weighted by Crippen LogP contribution is 2.43. The second-order valence-corrected chi connectivity index (χ2v) is 17.9. The van der Waals surface area contributed by atoms with Gasteiger partial charge in [0, 0.05) is 12.8 Å². The molecule has 0 heterocycles. The van der Waals surface area contributed by atoms with E-state index in [1.165, 1.54) is 135 Å². The summed E-state index contributed by atoms with van der Waals surface area (Å²) in [5.41, 5.74) is 0. The van der Waals surface area contributed by atoms with Crippen LogP contribution in [0.3, 0.4) is 0 Å². The highest BCUT2D eigenvalue weighted by Gasteiger charge is 2.27. The molecule has 0 rings (SSSR count). The van der Waals surface area contributed by atoms with Gasteiger partial charge in [-0.25, -0.2) is 4.57 Å². The molecule has 0 aromatic carbocycles. The number of ether oxygens (including phenoxy) is 2. The standard InChI is InChI=1S/C44H86NO8P/c1-6-8-10-12-14-16-18-20-22-24-26-28-30-32-34-36-43(46)50-40-42(41-52-54(48,49)51-39-38-45(3,4)5)53-44(47)37-35-33-31-29-27-25-23-21-19-17-15-13-11-9-7-2/h13,15,42H,6-12,14,16-41H2,1-5H3/p+1/b15-13+/t42-/m1/s1. The van der Waals surface area contributed by atoms with Gasteiger partial charge in [-0.15, -0.1) is 0 Å². The van der Waals surface area contributed by atoms with Crippen molar-refractivity contribution in [2.45, 2.75) is 213 Å². The number of rotatable bonds is 41. The third-order valence-electron chi connectivity index (χ3n) is 9.80. The van der Waals surface area contributed by atoms with Crippen LogP contribution >= 0.6 is 7.82 Å². The monoisotopic (exact) mass is 789 g/mol. The summed E-state index contributed by atoms with van der Waals surface area (Å²) in [5, 5.41) is 0. The third-order valence-corrected chi connectivity index (χ3v) is 10.8. The zero-order chi connectivity index (χ0) is 40.0.